The van der Waals surface area contributed by atoms with E-state index in [4.69, 9.17) is 5.11 Å². The summed E-state index contributed by atoms with van der Waals surface area (Å²) in [5.74, 6) is 0.603. The highest BCUT2D eigenvalue weighted by atomic mass is 16.4. The normalized spacial score (nSPS) is 14.3. The van der Waals surface area contributed by atoms with Crippen LogP contribution >= 0.6 is 0 Å². The summed E-state index contributed by atoms with van der Waals surface area (Å²) in [6.45, 7) is 11.0. The van der Waals surface area contributed by atoms with Gasteiger partial charge >= 0.3 is 5.97 Å². The fraction of sp³-hybridized carbons (Fsp3) is 0.944. The first kappa shape index (κ1) is 20.4. The first-order valence-corrected chi connectivity index (χ1v) is 9.01. The molecule has 3 nitrogen and oxygen atoms in total. The maximum Gasteiger partial charge on any atom is 0.317 e. The lowest BCUT2D eigenvalue weighted by Gasteiger charge is -2.29. The maximum absolute atomic E-state index is 11.1. The number of hydrogen-bond donors (Lipinski definition) is 1. The van der Waals surface area contributed by atoms with Crippen LogP contribution in [0.3, 0.4) is 0 Å². The third-order valence-electron chi connectivity index (χ3n) is 4.48. The number of hydrogen-bond acceptors (Lipinski definition) is 2. The lowest BCUT2D eigenvalue weighted by atomic mass is 9.95. The molecule has 21 heavy (non-hydrogen) atoms. The molecule has 3 heteroatoms. The SMILES string of the molecule is CCCCC(CC)CN(CC(=O)O)CC(CC)CCCC. The van der Waals surface area contributed by atoms with E-state index in [2.05, 4.69) is 32.6 Å². The van der Waals surface area contributed by atoms with Gasteiger partial charge in [-0.15, -0.1) is 0 Å². The Balaban J connectivity index is 4.49. The van der Waals surface area contributed by atoms with Crippen molar-refractivity contribution in [2.24, 2.45) is 11.8 Å². The van der Waals surface area contributed by atoms with Crippen molar-refractivity contribution >= 4 is 5.97 Å². The Bertz CT molecular complexity index is 238. The van der Waals surface area contributed by atoms with Crippen LogP contribution in [0.5, 0.6) is 0 Å². The fourth-order valence-electron chi connectivity index (χ4n) is 2.96. The van der Waals surface area contributed by atoms with Crippen LogP contribution < -0.4 is 0 Å². The number of carboxylic acids is 1. The second-order valence-corrected chi connectivity index (χ2v) is 6.42. The Morgan fingerprint density at radius 3 is 1.62 bits per heavy atom. The molecule has 2 atom stereocenters. The lowest BCUT2D eigenvalue weighted by Crippen LogP contribution is -2.37. The van der Waals surface area contributed by atoms with E-state index >= 15 is 0 Å². The van der Waals surface area contributed by atoms with Crippen molar-refractivity contribution in [2.75, 3.05) is 19.6 Å². The van der Waals surface area contributed by atoms with Crippen molar-refractivity contribution in [2.45, 2.75) is 79.1 Å². The van der Waals surface area contributed by atoms with E-state index < -0.39 is 5.97 Å². The van der Waals surface area contributed by atoms with Crippen molar-refractivity contribution in [3.05, 3.63) is 0 Å². The molecule has 0 aromatic heterocycles. The molecule has 126 valence electrons. The molecule has 0 amide bonds. The summed E-state index contributed by atoms with van der Waals surface area (Å²) in [5.41, 5.74) is 0. The summed E-state index contributed by atoms with van der Waals surface area (Å²) in [6.07, 6.45) is 9.74. The van der Waals surface area contributed by atoms with Gasteiger partial charge in [0.05, 0.1) is 6.54 Å². The van der Waals surface area contributed by atoms with Crippen LogP contribution in [-0.4, -0.2) is 35.6 Å². The summed E-state index contributed by atoms with van der Waals surface area (Å²) in [6, 6.07) is 0. The van der Waals surface area contributed by atoms with Gasteiger partial charge in [-0.1, -0.05) is 66.2 Å². The van der Waals surface area contributed by atoms with Crippen LogP contribution in [0.1, 0.15) is 79.1 Å². The molecule has 2 unspecified atom stereocenters. The van der Waals surface area contributed by atoms with Gasteiger partial charge in [-0.3, -0.25) is 9.69 Å². The van der Waals surface area contributed by atoms with E-state index in [9.17, 15) is 4.79 Å². The molecule has 0 saturated carbocycles. The standard InChI is InChI=1S/C18H37NO2/c1-5-9-11-16(7-3)13-19(15-18(20)21)14-17(8-4)12-10-6-2/h16-17H,5-15H2,1-4H3,(H,20,21). The third kappa shape index (κ3) is 10.8. The summed E-state index contributed by atoms with van der Waals surface area (Å²) >= 11 is 0. The quantitative estimate of drug-likeness (QED) is 0.500. The van der Waals surface area contributed by atoms with Gasteiger partial charge in [0, 0.05) is 13.1 Å². The highest BCUT2D eigenvalue weighted by Crippen LogP contribution is 2.18. The van der Waals surface area contributed by atoms with Gasteiger partial charge in [-0.05, 0) is 24.7 Å². The zero-order valence-corrected chi connectivity index (χ0v) is 14.7. The molecule has 0 spiro atoms. The summed E-state index contributed by atoms with van der Waals surface area (Å²) in [7, 11) is 0. The third-order valence-corrected chi connectivity index (χ3v) is 4.48. The van der Waals surface area contributed by atoms with Gasteiger partial charge < -0.3 is 5.11 Å². The zero-order valence-electron chi connectivity index (χ0n) is 14.7. The molecule has 0 radical (unpaired) electrons. The van der Waals surface area contributed by atoms with Crippen LogP contribution in [0.4, 0.5) is 0 Å². The van der Waals surface area contributed by atoms with Gasteiger partial charge in [-0.25, -0.2) is 0 Å². The van der Waals surface area contributed by atoms with E-state index in [1.54, 1.807) is 0 Å². The average molecular weight is 299 g/mol. The number of rotatable bonds is 14. The highest BCUT2D eigenvalue weighted by molar-refractivity contribution is 5.69. The van der Waals surface area contributed by atoms with E-state index in [0.717, 1.165) is 25.9 Å². The molecule has 0 aromatic rings. The predicted molar refractivity (Wildman–Crippen MR) is 90.7 cm³/mol. The molecule has 0 rings (SSSR count). The van der Waals surface area contributed by atoms with Crippen molar-refractivity contribution in [1.29, 1.82) is 0 Å². The van der Waals surface area contributed by atoms with Crippen LogP contribution in [0, 0.1) is 11.8 Å². The van der Waals surface area contributed by atoms with Gasteiger partial charge in [0.2, 0.25) is 0 Å². The van der Waals surface area contributed by atoms with Gasteiger partial charge in [0.15, 0.2) is 0 Å². The molecule has 0 saturated heterocycles. The van der Waals surface area contributed by atoms with Crippen molar-refractivity contribution < 1.29 is 9.90 Å². The first-order valence-electron chi connectivity index (χ1n) is 9.01. The average Bonchev–Trinajstić information content (AvgIpc) is 2.46. The van der Waals surface area contributed by atoms with Crippen LogP contribution in [-0.2, 0) is 4.79 Å². The van der Waals surface area contributed by atoms with Gasteiger partial charge in [-0.2, -0.15) is 0 Å². The van der Waals surface area contributed by atoms with Gasteiger partial charge in [0.1, 0.15) is 0 Å². The van der Waals surface area contributed by atoms with E-state index in [1.807, 2.05) is 0 Å². The number of unbranched alkanes of at least 4 members (excludes halogenated alkanes) is 2. The summed E-state index contributed by atoms with van der Waals surface area (Å²) in [4.78, 5) is 13.3. The van der Waals surface area contributed by atoms with E-state index in [0.29, 0.717) is 11.8 Å². The topological polar surface area (TPSA) is 40.5 Å². The van der Waals surface area contributed by atoms with Crippen LogP contribution in [0.15, 0.2) is 0 Å². The number of carbonyl (C=O) groups is 1. The molecule has 0 aliphatic rings. The zero-order chi connectivity index (χ0) is 16.1. The molecule has 0 aromatic carbocycles. The van der Waals surface area contributed by atoms with Crippen molar-refractivity contribution in [1.82, 2.24) is 4.90 Å². The smallest absolute Gasteiger partial charge is 0.317 e. The lowest BCUT2D eigenvalue weighted by molar-refractivity contribution is -0.138. The monoisotopic (exact) mass is 299 g/mol. The first-order chi connectivity index (χ1) is 10.1. The van der Waals surface area contributed by atoms with Crippen LogP contribution in [0.25, 0.3) is 0 Å². The number of aliphatic carboxylic acids is 1. The molecule has 0 heterocycles. The van der Waals surface area contributed by atoms with E-state index in [1.165, 1.54) is 38.5 Å². The summed E-state index contributed by atoms with van der Waals surface area (Å²) < 4.78 is 0. The molecule has 1 N–H and O–H groups in total. The van der Waals surface area contributed by atoms with E-state index in [-0.39, 0.29) is 6.54 Å². The molecule has 0 aliphatic carbocycles. The fourth-order valence-corrected chi connectivity index (χ4v) is 2.96. The minimum absolute atomic E-state index is 0.200. The minimum atomic E-state index is -0.689. The Morgan fingerprint density at radius 1 is 0.905 bits per heavy atom. The Morgan fingerprint density at radius 2 is 1.33 bits per heavy atom. The Hall–Kier alpha value is -0.570. The molecule has 0 bridgehead atoms. The molecular formula is C18H37NO2. The van der Waals surface area contributed by atoms with Crippen molar-refractivity contribution in [3.8, 4) is 0 Å². The minimum Gasteiger partial charge on any atom is -0.480 e. The second-order valence-electron chi connectivity index (χ2n) is 6.42. The number of carboxylic acid groups (broad SMARTS) is 1. The largest absolute Gasteiger partial charge is 0.480 e. The highest BCUT2D eigenvalue weighted by Gasteiger charge is 2.18. The maximum atomic E-state index is 11.1. The Kier molecular flexibility index (Phi) is 12.8. The second kappa shape index (κ2) is 13.1. The predicted octanol–water partition coefficient (Wildman–Crippen LogP) is 4.81. The van der Waals surface area contributed by atoms with Gasteiger partial charge in [0.25, 0.3) is 0 Å². The summed E-state index contributed by atoms with van der Waals surface area (Å²) in [5, 5.41) is 9.17. The molecule has 0 fully saturated rings. The molecule has 0 aliphatic heterocycles. The Labute approximate surface area is 132 Å². The van der Waals surface area contributed by atoms with Crippen LogP contribution in [0.2, 0.25) is 0 Å². The van der Waals surface area contributed by atoms with Crippen molar-refractivity contribution in [3.63, 3.8) is 0 Å². The number of nitrogens with zero attached hydrogens (tertiary/aromatic N) is 1. The molecular weight excluding hydrogens is 262 g/mol.